The van der Waals surface area contributed by atoms with Gasteiger partial charge in [0, 0.05) is 12.8 Å². The second kappa shape index (κ2) is 17.7. The summed E-state index contributed by atoms with van der Waals surface area (Å²) in [5.41, 5.74) is 0. The number of ether oxygens (including phenoxy) is 1. The Morgan fingerprint density at radius 3 is 2.04 bits per heavy atom. The van der Waals surface area contributed by atoms with Crippen molar-refractivity contribution in [3.8, 4) is 0 Å². The van der Waals surface area contributed by atoms with Gasteiger partial charge in [0.1, 0.15) is 5.78 Å². The van der Waals surface area contributed by atoms with E-state index < -0.39 is 17.9 Å². The van der Waals surface area contributed by atoms with Crippen LogP contribution < -0.4 is 0 Å². The van der Waals surface area contributed by atoms with Gasteiger partial charge >= 0.3 is 11.9 Å². The van der Waals surface area contributed by atoms with E-state index in [2.05, 4.69) is 11.7 Å². The highest BCUT2D eigenvalue weighted by Crippen LogP contribution is 2.13. The molecule has 1 N–H and O–H groups in total. The minimum Gasteiger partial charge on any atom is -0.481 e. The highest BCUT2D eigenvalue weighted by atomic mass is 16.5. The van der Waals surface area contributed by atoms with Crippen molar-refractivity contribution in [3.63, 3.8) is 0 Å². The quantitative estimate of drug-likeness (QED) is 0.193. The molecule has 1 atom stereocenters. The van der Waals surface area contributed by atoms with E-state index in [0.29, 0.717) is 18.6 Å². The van der Waals surface area contributed by atoms with Crippen LogP contribution in [0.4, 0.5) is 0 Å². The molecule has 0 radical (unpaired) electrons. The van der Waals surface area contributed by atoms with E-state index >= 15 is 0 Å². The Labute approximate surface area is 164 Å². The molecule has 0 aliphatic carbocycles. The molecule has 0 bridgehead atoms. The number of rotatable bonds is 18. The van der Waals surface area contributed by atoms with Crippen LogP contribution in [-0.2, 0) is 19.1 Å². The molecule has 156 valence electrons. The molecular formula is C22H38O5. The van der Waals surface area contributed by atoms with Crippen LogP contribution in [0, 0.1) is 5.92 Å². The molecule has 0 aliphatic rings. The Morgan fingerprint density at radius 1 is 0.889 bits per heavy atom. The molecule has 0 aromatic rings. The zero-order valence-electron chi connectivity index (χ0n) is 17.2. The smallest absolute Gasteiger partial charge is 0.307 e. The minimum absolute atomic E-state index is 0.0944. The van der Waals surface area contributed by atoms with Crippen LogP contribution in [0.3, 0.4) is 0 Å². The predicted molar refractivity (Wildman–Crippen MR) is 108 cm³/mol. The topological polar surface area (TPSA) is 80.7 Å². The normalized spacial score (nSPS) is 12.2. The van der Waals surface area contributed by atoms with Gasteiger partial charge in [-0.2, -0.15) is 0 Å². The van der Waals surface area contributed by atoms with Crippen molar-refractivity contribution < 1.29 is 24.2 Å². The summed E-state index contributed by atoms with van der Waals surface area (Å²) in [7, 11) is 1.26. The molecule has 0 aromatic carbocycles. The van der Waals surface area contributed by atoms with Crippen LogP contribution in [-0.4, -0.2) is 29.9 Å². The highest BCUT2D eigenvalue weighted by Gasteiger charge is 2.20. The average molecular weight is 383 g/mol. The number of hydrogen-bond donors (Lipinski definition) is 1. The largest absolute Gasteiger partial charge is 0.481 e. The van der Waals surface area contributed by atoms with Crippen LogP contribution in [0.2, 0.25) is 0 Å². The van der Waals surface area contributed by atoms with Gasteiger partial charge in [0.05, 0.1) is 19.4 Å². The number of hydrogen-bond acceptors (Lipinski definition) is 4. The van der Waals surface area contributed by atoms with Gasteiger partial charge in [-0.3, -0.25) is 14.4 Å². The van der Waals surface area contributed by atoms with Gasteiger partial charge in [0.2, 0.25) is 0 Å². The third-order valence-corrected chi connectivity index (χ3v) is 4.71. The van der Waals surface area contributed by atoms with E-state index in [-0.39, 0.29) is 6.42 Å². The second-order valence-electron chi connectivity index (χ2n) is 7.18. The predicted octanol–water partition coefficient (Wildman–Crippen LogP) is 5.47. The number of unbranched alkanes of at least 4 members (excludes halogenated alkanes) is 8. The molecule has 0 heterocycles. The van der Waals surface area contributed by atoms with Crippen molar-refractivity contribution in [2.45, 2.75) is 96.8 Å². The van der Waals surface area contributed by atoms with E-state index in [1.165, 1.54) is 32.8 Å². The molecule has 0 amide bonds. The fourth-order valence-corrected chi connectivity index (χ4v) is 2.92. The minimum atomic E-state index is -0.972. The van der Waals surface area contributed by atoms with Crippen LogP contribution in [0.1, 0.15) is 96.8 Å². The first-order chi connectivity index (χ1) is 13.0. The Bertz CT molecular complexity index is 442. The fourth-order valence-electron chi connectivity index (χ4n) is 2.92. The van der Waals surface area contributed by atoms with Crippen molar-refractivity contribution in [1.29, 1.82) is 0 Å². The molecule has 0 saturated carbocycles. The lowest BCUT2D eigenvalue weighted by Gasteiger charge is -2.07. The molecule has 0 unspecified atom stereocenters. The van der Waals surface area contributed by atoms with Gasteiger partial charge in [-0.05, 0) is 32.1 Å². The zero-order chi connectivity index (χ0) is 20.3. The van der Waals surface area contributed by atoms with Gasteiger partial charge < -0.3 is 9.84 Å². The Morgan fingerprint density at radius 2 is 1.48 bits per heavy atom. The van der Waals surface area contributed by atoms with Gasteiger partial charge in [-0.25, -0.2) is 0 Å². The first-order valence-corrected chi connectivity index (χ1v) is 10.5. The second-order valence-corrected chi connectivity index (χ2v) is 7.18. The number of carboxylic acid groups (broad SMARTS) is 1. The van der Waals surface area contributed by atoms with Gasteiger partial charge in [0.15, 0.2) is 0 Å². The highest BCUT2D eigenvalue weighted by molar-refractivity contribution is 5.79. The summed E-state index contributed by atoms with van der Waals surface area (Å²) < 4.78 is 4.52. The molecule has 27 heavy (non-hydrogen) atoms. The van der Waals surface area contributed by atoms with Gasteiger partial charge in [0.25, 0.3) is 0 Å². The van der Waals surface area contributed by atoms with E-state index in [1.54, 1.807) is 0 Å². The van der Waals surface area contributed by atoms with Gasteiger partial charge in [-0.1, -0.05) is 57.6 Å². The molecule has 0 rings (SSSR count). The molecular weight excluding hydrogens is 344 g/mol. The Hall–Kier alpha value is -1.65. The van der Waals surface area contributed by atoms with E-state index in [0.717, 1.165) is 44.9 Å². The van der Waals surface area contributed by atoms with E-state index in [4.69, 9.17) is 5.11 Å². The number of Topliss-reactive ketones (excluding diaryl/α,β-unsaturated/α-hetero) is 1. The lowest BCUT2D eigenvalue weighted by atomic mass is 10.0. The Kier molecular flexibility index (Phi) is 16.7. The number of carbonyl (C=O) groups excluding carboxylic acids is 2. The molecule has 5 heteroatoms. The summed E-state index contributed by atoms with van der Waals surface area (Å²) in [5.74, 6) is -1.79. The first kappa shape index (κ1) is 25.4. The third-order valence-electron chi connectivity index (χ3n) is 4.71. The summed E-state index contributed by atoms with van der Waals surface area (Å²) in [6.45, 7) is 2.19. The van der Waals surface area contributed by atoms with E-state index in [9.17, 15) is 14.4 Å². The average Bonchev–Trinajstić information content (AvgIpc) is 2.65. The van der Waals surface area contributed by atoms with Crippen molar-refractivity contribution in [3.05, 3.63) is 12.2 Å². The number of aliphatic carboxylic acids is 1. The number of carboxylic acids is 1. The summed E-state index contributed by atoms with van der Waals surface area (Å²) >= 11 is 0. The number of allylic oxidation sites excluding steroid dienone is 2. The maximum Gasteiger partial charge on any atom is 0.307 e. The lowest BCUT2D eigenvalue weighted by Crippen LogP contribution is -2.18. The molecule has 0 fully saturated rings. The molecule has 0 aromatic heterocycles. The Balaban J connectivity index is 3.61. The number of esters is 1. The monoisotopic (exact) mass is 382 g/mol. The first-order valence-electron chi connectivity index (χ1n) is 10.5. The maximum absolute atomic E-state index is 11.8. The third kappa shape index (κ3) is 16.3. The van der Waals surface area contributed by atoms with Crippen LogP contribution in [0.25, 0.3) is 0 Å². The zero-order valence-corrected chi connectivity index (χ0v) is 17.2. The summed E-state index contributed by atoms with van der Waals surface area (Å²) in [4.78, 5) is 34.0. The van der Waals surface area contributed by atoms with Crippen LogP contribution in [0.15, 0.2) is 12.2 Å². The fraction of sp³-hybridized carbons (Fsp3) is 0.773. The molecule has 0 spiro atoms. The van der Waals surface area contributed by atoms with Crippen LogP contribution in [0.5, 0.6) is 0 Å². The van der Waals surface area contributed by atoms with Gasteiger partial charge in [-0.15, -0.1) is 0 Å². The standard InChI is InChI=1S/C22H38O5/c1-3-4-5-9-13-16-20(23)17-14-11-8-6-7-10-12-15-19(22(25)26)18-21(24)27-2/h10,12,19H,3-9,11,13-18H2,1-2H3,(H,25,26)/b12-10+/t19-/m1/s1. The SMILES string of the molecule is CCCCCCCC(=O)CCCCCC/C=C/C[C@H](CC(=O)OC)C(=O)O. The number of methoxy groups -OCH3 is 1. The number of carbonyl (C=O) groups is 3. The number of ketones is 1. The van der Waals surface area contributed by atoms with Crippen molar-refractivity contribution in [1.82, 2.24) is 0 Å². The summed E-state index contributed by atoms with van der Waals surface area (Å²) in [6.07, 6.45) is 16.5. The van der Waals surface area contributed by atoms with Crippen molar-refractivity contribution in [2.75, 3.05) is 7.11 Å². The van der Waals surface area contributed by atoms with Crippen molar-refractivity contribution >= 4 is 17.7 Å². The lowest BCUT2D eigenvalue weighted by molar-refractivity contribution is -0.149. The molecule has 5 nitrogen and oxygen atoms in total. The van der Waals surface area contributed by atoms with Crippen LogP contribution >= 0.6 is 0 Å². The molecule has 0 aliphatic heterocycles. The molecule has 0 saturated heterocycles. The summed E-state index contributed by atoms with van der Waals surface area (Å²) in [6, 6.07) is 0. The maximum atomic E-state index is 11.8. The summed E-state index contributed by atoms with van der Waals surface area (Å²) in [5, 5.41) is 9.09. The van der Waals surface area contributed by atoms with Crippen molar-refractivity contribution in [2.24, 2.45) is 5.92 Å². The van der Waals surface area contributed by atoms with E-state index in [1.807, 2.05) is 12.2 Å².